The smallest absolute Gasteiger partial charge is 0.115 e. The van der Waals surface area contributed by atoms with Gasteiger partial charge in [-0.2, -0.15) is 0 Å². The fraction of sp³-hybridized carbons (Fsp3) is 0.429. The predicted octanol–water partition coefficient (Wildman–Crippen LogP) is 6.08. The molecular formula is C21H28O. The third-order valence-corrected chi connectivity index (χ3v) is 4.36. The lowest BCUT2D eigenvalue weighted by atomic mass is 9.89. The van der Waals surface area contributed by atoms with Crippen molar-refractivity contribution in [3.8, 4) is 5.75 Å². The maximum absolute atomic E-state index is 9.29. The summed E-state index contributed by atoms with van der Waals surface area (Å²) in [6.45, 7) is 2.28. The minimum Gasteiger partial charge on any atom is -0.508 e. The largest absolute Gasteiger partial charge is 0.508 e. The molecule has 2 aromatic rings. The van der Waals surface area contributed by atoms with Gasteiger partial charge >= 0.3 is 0 Å². The molecule has 2 rings (SSSR count). The molecule has 22 heavy (non-hydrogen) atoms. The molecular weight excluding hydrogens is 268 g/mol. The van der Waals surface area contributed by atoms with Crippen LogP contribution in [0, 0.1) is 0 Å². The van der Waals surface area contributed by atoms with Crippen molar-refractivity contribution in [3.63, 3.8) is 0 Å². The first-order valence-corrected chi connectivity index (χ1v) is 8.62. The first kappa shape index (κ1) is 16.6. The van der Waals surface area contributed by atoms with E-state index in [4.69, 9.17) is 0 Å². The van der Waals surface area contributed by atoms with Crippen molar-refractivity contribution in [2.24, 2.45) is 0 Å². The second-order valence-electron chi connectivity index (χ2n) is 6.16. The van der Waals surface area contributed by atoms with E-state index in [1.807, 2.05) is 12.1 Å². The maximum atomic E-state index is 9.29. The van der Waals surface area contributed by atoms with Gasteiger partial charge in [-0.25, -0.2) is 0 Å². The molecule has 1 nitrogen and oxygen atoms in total. The van der Waals surface area contributed by atoms with Crippen LogP contribution in [0.3, 0.4) is 0 Å². The van der Waals surface area contributed by atoms with Gasteiger partial charge in [0.05, 0.1) is 0 Å². The lowest BCUT2D eigenvalue weighted by molar-refractivity contribution is 0.475. The Kier molecular flexibility index (Phi) is 7.02. The van der Waals surface area contributed by atoms with Crippen molar-refractivity contribution in [2.45, 2.75) is 57.8 Å². The Bertz CT molecular complexity index is 515. The molecule has 0 heterocycles. The van der Waals surface area contributed by atoms with Gasteiger partial charge in [-0.05, 0) is 54.9 Å². The number of benzene rings is 2. The highest BCUT2D eigenvalue weighted by Crippen LogP contribution is 2.27. The average molecular weight is 296 g/mol. The van der Waals surface area contributed by atoms with Gasteiger partial charge in [-0.3, -0.25) is 0 Å². The minimum absolute atomic E-state index is 0.356. The number of hydrogen-bond donors (Lipinski definition) is 1. The highest BCUT2D eigenvalue weighted by molar-refractivity contribution is 5.25. The van der Waals surface area contributed by atoms with Gasteiger partial charge in [0.2, 0.25) is 0 Å². The number of phenolic OH excluding ortho intramolecular Hbond substituents is 1. The van der Waals surface area contributed by atoms with Crippen molar-refractivity contribution >= 4 is 0 Å². The Morgan fingerprint density at radius 2 is 1.55 bits per heavy atom. The van der Waals surface area contributed by atoms with E-state index >= 15 is 0 Å². The van der Waals surface area contributed by atoms with E-state index in [1.54, 1.807) is 12.1 Å². The number of rotatable bonds is 9. The summed E-state index contributed by atoms with van der Waals surface area (Å²) in [5.74, 6) is 1.08. The topological polar surface area (TPSA) is 20.2 Å². The van der Waals surface area contributed by atoms with E-state index in [9.17, 15) is 5.11 Å². The number of aryl methyl sites for hydroxylation is 1. The highest BCUT2D eigenvalue weighted by atomic mass is 16.3. The second-order valence-corrected chi connectivity index (χ2v) is 6.16. The van der Waals surface area contributed by atoms with Crippen LogP contribution in [-0.2, 0) is 6.42 Å². The van der Waals surface area contributed by atoms with E-state index in [0.717, 1.165) is 12.3 Å². The monoisotopic (exact) mass is 296 g/mol. The highest BCUT2D eigenvalue weighted by Gasteiger charge is 2.09. The van der Waals surface area contributed by atoms with Crippen LogP contribution in [0.4, 0.5) is 0 Å². The summed E-state index contributed by atoms with van der Waals surface area (Å²) in [4.78, 5) is 0. The quantitative estimate of drug-likeness (QED) is 0.556. The molecule has 2 aromatic carbocycles. The van der Waals surface area contributed by atoms with Gasteiger partial charge in [0.1, 0.15) is 5.75 Å². The molecule has 0 aliphatic heterocycles. The Balaban J connectivity index is 1.71. The zero-order chi connectivity index (χ0) is 15.6. The molecule has 0 amide bonds. The van der Waals surface area contributed by atoms with Gasteiger partial charge in [0, 0.05) is 0 Å². The summed E-state index contributed by atoms with van der Waals surface area (Å²) in [6.07, 6.45) is 8.79. The molecule has 1 N–H and O–H groups in total. The van der Waals surface area contributed by atoms with Crippen molar-refractivity contribution < 1.29 is 5.11 Å². The molecule has 0 spiro atoms. The van der Waals surface area contributed by atoms with Gasteiger partial charge in [-0.15, -0.1) is 0 Å². The van der Waals surface area contributed by atoms with Crippen LogP contribution >= 0.6 is 0 Å². The standard InChI is InChI=1S/C21H28O/c1-2-9-19(20-12-7-4-8-13-20)11-6-3-5-10-18-14-16-21(22)17-15-18/h4,7-8,12-17,19,22H,2-3,5-6,9-11H2,1H3. The van der Waals surface area contributed by atoms with Crippen LogP contribution in [0.1, 0.15) is 62.5 Å². The zero-order valence-corrected chi connectivity index (χ0v) is 13.7. The average Bonchev–Trinajstić information content (AvgIpc) is 2.56. The van der Waals surface area contributed by atoms with Crippen molar-refractivity contribution in [1.29, 1.82) is 0 Å². The normalized spacial score (nSPS) is 12.2. The summed E-state index contributed by atoms with van der Waals surface area (Å²) in [6, 6.07) is 18.6. The molecule has 118 valence electrons. The molecule has 0 bridgehead atoms. The first-order valence-electron chi connectivity index (χ1n) is 8.62. The van der Waals surface area contributed by atoms with Crippen LogP contribution in [-0.4, -0.2) is 5.11 Å². The van der Waals surface area contributed by atoms with Crippen LogP contribution in [0.25, 0.3) is 0 Å². The van der Waals surface area contributed by atoms with E-state index in [-0.39, 0.29) is 0 Å². The number of phenols is 1. The van der Waals surface area contributed by atoms with E-state index < -0.39 is 0 Å². The second kappa shape index (κ2) is 9.30. The molecule has 0 radical (unpaired) electrons. The summed E-state index contributed by atoms with van der Waals surface area (Å²) in [7, 11) is 0. The Morgan fingerprint density at radius 3 is 2.23 bits per heavy atom. The molecule has 0 saturated heterocycles. The molecule has 0 fully saturated rings. The summed E-state index contributed by atoms with van der Waals surface area (Å²) < 4.78 is 0. The fourth-order valence-corrected chi connectivity index (χ4v) is 3.11. The number of hydrogen-bond acceptors (Lipinski definition) is 1. The molecule has 0 saturated carbocycles. The molecule has 0 aliphatic carbocycles. The molecule has 1 heteroatoms. The van der Waals surface area contributed by atoms with Crippen LogP contribution < -0.4 is 0 Å². The van der Waals surface area contributed by atoms with E-state index in [1.165, 1.54) is 49.7 Å². The molecule has 0 aromatic heterocycles. The zero-order valence-electron chi connectivity index (χ0n) is 13.7. The third kappa shape index (κ3) is 5.55. The van der Waals surface area contributed by atoms with Gasteiger partial charge in [0.15, 0.2) is 0 Å². The van der Waals surface area contributed by atoms with Crippen molar-refractivity contribution in [1.82, 2.24) is 0 Å². The Hall–Kier alpha value is -1.76. The SMILES string of the molecule is CCCC(CCCCCc1ccc(O)cc1)c1ccccc1. The van der Waals surface area contributed by atoms with E-state index in [0.29, 0.717) is 5.75 Å². The lowest BCUT2D eigenvalue weighted by Crippen LogP contribution is -1.99. The molecule has 0 aliphatic rings. The number of aromatic hydroxyl groups is 1. The molecule has 1 atom stereocenters. The maximum Gasteiger partial charge on any atom is 0.115 e. The predicted molar refractivity (Wildman–Crippen MR) is 94.4 cm³/mol. The minimum atomic E-state index is 0.356. The summed E-state index contributed by atoms with van der Waals surface area (Å²) in [5.41, 5.74) is 2.83. The van der Waals surface area contributed by atoms with Gasteiger partial charge < -0.3 is 5.11 Å². The Morgan fingerprint density at radius 1 is 0.818 bits per heavy atom. The van der Waals surface area contributed by atoms with Crippen LogP contribution in [0.15, 0.2) is 54.6 Å². The lowest BCUT2D eigenvalue weighted by Gasteiger charge is -2.16. The van der Waals surface area contributed by atoms with Crippen LogP contribution in [0.2, 0.25) is 0 Å². The number of unbranched alkanes of at least 4 members (excludes halogenated alkanes) is 2. The van der Waals surface area contributed by atoms with E-state index in [2.05, 4.69) is 37.3 Å². The Labute approximate surface area is 135 Å². The van der Waals surface area contributed by atoms with Gasteiger partial charge in [-0.1, -0.05) is 68.7 Å². The molecule has 1 unspecified atom stereocenters. The van der Waals surface area contributed by atoms with Crippen molar-refractivity contribution in [3.05, 3.63) is 65.7 Å². The van der Waals surface area contributed by atoms with Gasteiger partial charge in [0.25, 0.3) is 0 Å². The fourth-order valence-electron chi connectivity index (χ4n) is 3.11. The third-order valence-electron chi connectivity index (χ3n) is 4.36. The summed E-state index contributed by atoms with van der Waals surface area (Å²) in [5, 5.41) is 9.29. The first-order chi connectivity index (χ1) is 10.8. The van der Waals surface area contributed by atoms with Crippen molar-refractivity contribution in [2.75, 3.05) is 0 Å². The van der Waals surface area contributed by atoms with Crippen LogP contribution in [0.5, 0.6) is 5.75 Å². The summed E-state index contributed by atoms with van der Waals surface area (Å²) >= 11 is 0.